The molecule has 0 aliphatic heterocycles. The third-order valence-corrected chi connectivity index (χ3v) is 6.32. The standard InChI is InChI=1S/C26H34N4O/c1-18(2)15-30-17-22(23-14-27-29(4)16-23)13-25(26(30)31)28-24-11-9-21(10-12-24)20-7-5-19(3)6-8-20/h5-8,13-14,16-18,21,24,28H,9-12,15H2,1-4H3. The van der Waals surface area contributed by atoms with Gasteiger partial charge in [-0.25, -0.2) is 0 Å². The van der Waals surface area contributed by atoms with Crippen molar-refractivity contribution in [2.24, 2.45) is 13.0 Å². The van der Waals surface area contributed by atoms with E-state index in [4.69, 9.17) is 0 Å². The maximum absolute atomic E-state index is 13.2. The summed E-state index contributed by atoms with van der Waals surface area (Å²) in [5.41, 5.74) is 5.60. The Hall–Kier alpha value is -2.82. The van der Waals surface area contributed by atoms with E-state index in [1.54, 1.807) is 4.68 Å². The number of benzene rings is 1. The second-order valence-corrected chi connectivity index (χ2v) is 9.50. The first-order chi connectivity index (χ1) is 14.9. The molecule has 0 atom stereocenters. The zero-order valence-corrected chi connectivity index (χ0v) is 19.1. The highest BCUT2D eigenvalue weighted by Crippen LogP contribution is 2.34. The van der Waals surface area contributed by atoms with Gasteiger partial charge in [0.25, 0.3) is 5.56 Å². The Labute approximate surface area is 185 Å². The van der Waals surface area contributed by atoms with Gasteiger partial charge in [0.1, 0.15) is 5.69 Å². The van der Waals surface area contributed by atoms with Crippen LogP contribution in [0.15, 0.2) is 53.7 Å². The minimum Gasteiger partial charge on any atom is -0.378 e. The van der Waals surface area contributed by atoms with Crippen molar-refractivity contribution in [3.05, 3.63) is 70.4 Å². The highest BCUT2D eigenvalue weighted by molar-refractivity contribution is 5.65. The van der Waals surface area contributed by atoms with Gasteiger partial charge in [0, 0.05) is 43.2 Å². The maximum atomic E-state index is 13.2. The monoisotopic (exact) mass is 418 g/mol. The third kappa shape index (κ3) is 5.09. The molecule has 1 aliphatic carbocycles. The molecule has 0 spiro atoms. The summed E-state index contributed by atoms with van der Waals surface area (Å²) in [6.07, 6.45) is 10.3. The lowest BCUT2D eigenvalue weighted by Crippen LogP contribution is -2.31. The molecule has 0 bridgehead atoms. The molecule has 1 N–H and O–H groups in total. The minimum atomic E-state index is 0.0713. The Morgan fingerprint density at radius 3 is 2.39 bits per heavy atom. The number of anilines is 1. The van der Waals surface area contributed by atoms with Crippen LogP contribution in [0.3, 0.4) is 0 Å². The second kappa shape index (κ2) is 9.13. The van der Waals surface area contributed by atoms with Gasteiger partial charge in [-0.2, -0.15) is 5.10 Å². The van der Waals surface area contributed by atoms with Crippen molar-refractivity contribution in [1.29, 1.82) is 0 Å². The lowest BCUT2D eigenvalue weighted by Gasteiger charge is -2.30. The van der Waals surface area contributed by atoms with E-state index in [1.165, 1.54) is 11.1 Å². The predicted octanol–water partition coefficient (Wildman–Crippen LogP) is 5.35. The van der Waals surface area contributed by atoms with Crippen molar-refractivity contribution in [2.75, 3.05) is 5.32 Å². The quantitative estimate of drug-likeness (QED) is 0.587. The van der Waals surface area contributed by atoms with E-state index in [0.29, 0.717) is 30.1 Å². The zero-order valence-electron chi connectivity index (χ0n) is 19.1. The van der Waals surface area contributed by atoms with Crippen molar-refractivity contribution in [3.63, 3.8) is 0 Å². The normalized spacial score (nSPS) is 19.0. The van der Waals surface area contributed by atoms with Crippen LogP contribution in [-0.2, 0) is 13.6 Å². The van der Waals surface area contributed by atoms with E-state index in [1.807, 2.05) is 36.3 Å². The number of hydrogen-bond acceptors (Lipinski definition) is 3. The molecule has 0 amide bonds. The maximum Gasteiger partial charge on any atom is 0.273 e. The van der Waals surface area contributed by atoms with Gasteiger partial charge in [-0.3, -0.25) is 9.48 Å². The highest BCUT2D eigenvalue weighted by Gasteiger charge is 2.23. The summed E-state index contributed by atoms with van der Waals surface area (Å²) in [4.78, 5) is 13.2. The molecule has 0 radical (unpaired) electrons. The van der Waals surface area contributed by atoms with Gasteiger partial charge < -0.3 is 9.88 Å². The number of aryl methyl sites for hydroxylation is 2. The van der Waals surface area contributed by atoms with Crippen molar-refractivity contribution < 1.29 is 0 Å². The van der Waals surface area contributed by atoms with Gasteiger partial charge in [0.2, 0.25) is 0 Å². The largest absolute Gasteiger partial charge is 0.378 e. The molecule has 1 saturated carbocycles. The molecule has 1 aliphatic rings. The molecule has 0 unspecified atom stereocenters. The first kappa shape index (κ1) is 21.4. The fourth-order valence-electron chi connectivity index (χ4n) is 4.63. The van der Waals surface area contributed by atoms with Crippen molar-refractivity contribution in [2.45, 2.75) is 65.0 Å². The Morgan fingerprint density at radius 1 is 1.06 bits per heavy atom. The van der Waals surface area contributed by atoms with E-state index in [9.17, 15) is 4.79 Å². The average molecular weight is 419 g/mol. The van der Waals surface area contributed by atoms with E-state index >= 15 is 0 Å². The molecule has 31 heavy (non-hydrogen) atoms. The summed E-state index contributed by atoms with van der Waals surface area (Å²) in [5, 5.41) is 7.90. The van der Waals surface area contributed by atoms with Crippen LogP contribution in [0.2, 0.25) is 0 Å². The van der Waals surface area contributed by atoms with Crippen LogP contribution >= 0.6 is 0 Å². The molecule has 1 aromatic carbocycles. The first-order valence-electron chi connectivity index (χ1n) is 11.5. The molecular formula is C26H34N4O. The molecular weight excluding hydrogens is 384 g/mol. The summed E-state index contributed by atoms with van der Waals surface area (Å²) < 4.78 is 3.65. The molecule has 4 rings (SSSR count). The molecule has 0 saturated heterocycles. The SMILES string of the molecule is Cc1ccc(C2CCC(Nc3cc(-c4cnn(C)c4)cn(CC(C)C)c3=O)CC2)cc1. The van der Waals surface area contributed by atoms with Crippen LogP contribution in [-0.4, -0.2) is 20.4 Å². The molecule has 164 valence electrons. The van der Waals surface area contributed by atoms with Crippen molar-refractivity contribution >= 4 is 5.69 Å². The number of hydrogen-bond donors (Lipinski definition) is 1. The number of nitrogens with zero attached hydrogens (tertiary/aromatic N) is 3. The topological polar surface area (TPSA) is 51.9 Å². The van der Waals surface area contributed by atoms with Crippen LogP contribution in [0, 0.1) is 12.8 Å². The van der Waals surface area contributed by atoms with E-state index in [2.05, 4.69) is 55.5 Å². The smallest absolute Gasteiger partial charge is 0.273 e. The van der Waals surface area contributed by atoms with Gasteiger partial charge >= 0.3 is 0 Å². The highest BCUT2D eigenvalue weighted by atomic mass is 16.1. The van der Waals surface area contributed by atoms with Gasteiger partial charge in [-0.1, -0.05) is 43.7 Å². The van der Waals surface area contributed by atoms with Gasteiger partial charge in [-0.05, 0) is 56.1 Å². The van der Waals surface area contributed by atoms with Gasteiger partial charge in [-0.15, -0.1) is 0 Å². The third-order valence-electron chi connectivity index (χ3n) is 6.32. The van der Waals surface area contributed by atoms with Crippen LogP contribution in [0.5, 0.6) is 0 Å². The molecule has 2 aromatic heterocycles. The van der Waals surface area contributed by atoms with Crippen LogP contribution < -0.4 is 10.9 Å². The molecule has 5 heteroatoms. The summed E-state index contributed by atoms with van der Waals surface area (Å²) >= 11 is 0. The lowest BCUT2D eigenvalue weighted by molar-refractivity contribution is 0.411. The zero-order chi connectivity index (χ0) is 22.0. The Kier molecular flexibility index (Phi) is 6.30. The minimum absolute atomic E-state index is 0.0713. The van der Waals surface area contributed by atoms with Crippen LogP contribution in [0.1, 0.15) is 56.6 Å². The number of rotatable bonds is 6. The Balaban J connectivity index is 1.52. The van der Waals surface area contributed by atoms with E-state index in [-0.39, 0.29) is 5.56 Å². The molecule has 5 nitrogen and oxygen atoms in total. The van der Waals surface area contributed by atoms with Gasteiger partial charge in [0.15, 0.2) is 0 Å². The summed E-state index contributed by atoms with van der Waals surface area (Å²) in [6.45, 7) is 7.13. The van der Waals surface area contributed by atoms with E-state index in [0.717, 1.165) is 36.8 Å². The summed E-state index contributed by atoms with van der Waals surface area (Å²) in [7, 11) is 1.92. The molecule has 2 heterocycles. The summed E-state index contributed by atoms with van der Waals surface area (Å²) in [6, 6.07) is 11.3. The number of aromatic nitrogens is 3. The fraction of sp³-hybridized carbons (Fsp3) is 0.462. The van der Waals surface area contributed by atoms with Crippen LogP contribution in [0.25, 0.3) is 11.1 Å². The first-order valence-corrected chi connectivity index (χ1v) is 11.5. The Bertz CT molecular complexity index is 1070. The number of pyridine rings is 1. The van der Waals surface area contributed by atoms with Crippen LogP contribution in [0.4, 0.5) is 5.69 Å². The lowest BCUT2D eigenvalue weighted by atomic mass is 9.81. The Morgan fingerprint density at radius 2 is 1.77 bits per heavy atom. The fourth-order valence-corrected chi connectivity index (χ4v) is 4.63. The second-order valence-electron chi connectivity index (χ2n) is 9.50. The molecule has 1 fully saturated rings. The van der Waals surface area contributed by atoms with Crippen molar-refractivity contribution in [3.8, 4) is 11.1 Å². The van der Waals surface area contributed by atoms with Gasteiger partial charge in [0.05, 0.1) is 6.20 Å². The molecule has 3 aromatic rings. The van der Waals surface area contributed by atoms with E-state index < -0.39 is 0 Å². The summed E-state index contributed by atoms with van der Waals surface area (Å²) in [5.74, 6) is 1.03. The average Bonchev–Trinajstić information content (AvgIpc) is 3.18. The predicted molar refractivity (Wildman–Crippen MR) is 128 cm³/mol. The van der Waals surface area contributed by atoms with Crippen molar-refractivity contribution in [1.82, 2.24) is 14.3 Å². The number of nitrogens with one attached hydrogen (secondary N) is 1.